The molecule has 0 aliphatic heterocycles. The Morgan fingerprint density at radius 1 is 1.57 bits per heavy atom. The Hall–Kier alpha value is -0.650. The van der Waals surface area contributed by atoms with Crippen LogP contribution in [-0.2, 0) is 16.0 Å². The molecule has 1 aromatic carbocycles. The summed E-state index contributed by atoms with van der Waals surface area (Å²) in [7, 11) is 0. The normalized spacial score (nSPS) is 9.93. The smallest absolute Gasteiger partial charge is 0.310 e. The topological polar surface area (TPSA) is 26.3 Å². The van der Waals surface area contributed by atoms with E-state index in [0.717, 1.165) is 3.57 Å². The second-order valence-corrected chi connectivity index (χ2v) is 3.88. The lowest BCUT2D eigenvalue weighted by Crippen LogP contribution is -2.08. The first-order valence-corrected chi connectivity index (χ1v) is 5.31. The molecule has 0 amide bonds. The van der Waals surface area contributed by atoms with Gasteiger partial charge in [0.05, 0.1) is 13.0 Å². The van der Waals surface area contributed by atoms with Crippen molar-refractivity contribution in [3.8, 4) is 0 Å². The standard InChI is InChI=1S/C10H10FIO2/c1-2-14-10(13)6-7-5-8(11)3-4-9(7)12/h3-5H,2,6H2,1H3. The molecule has 0 saturated heterocycles. The molecule has 14 heavy (non-hydrogen) atoms. The summed E-state index contributed by atoms with van der Waals surface area (Å²) in [4.78, 5) is 11.1. The van der Waals surface area contributed by atoms with Crippen molar-refractivity contribution in [1.82, 2.24) is 0 Å². The zero-order valence-corrected chi connectivity index (χ0v) is 9.88. The van der Waals surface area contributed by atoms with E-state index in [1.54, 1.807) is 13.0 Å². The van der Waals surface area contributed by atoms with Crippen LogP contribution in [0.5, 0.6) is 0 Å². The Labute approximate surface area is 95.6 Å². The van der Waals surface area contributed by atoms with Gasteiger partial charge in [0.25, 0.3) is 0 Å². The van der Waals surface area contributed by atoms with Gasteiger partial charge in [-0.05, 0) is 53.3 Å². The maximum Gasteiger partial charge on any atom is 0.310 e. The van der Waals surface area contributed by atoms with E-state index in [1.807, 2.05) is 0 Å². The Balaban J connectivity index is 2.75. The first-order chi connectivity index (χ1) is 6.63. The SMILES string of the molecule is CCOC(=O)Cc1cc(F)ccc1I. The van der Waals surface area contributed by atoms with Gasteiger partial charge in [-0.3, -0.25) is 4.79 Å². The van der Waals surface area contributed by atoms with E-state index in [0.29, 0.717) is 12.2 Å². The molecule has 2 nitrogen and oxygen atoms in total. The quantitative estimate of drug-likeness (QED) is 0.633. The van der Waals surface area contributed by atoms with Gasteiger partial charge in [0.15, 0.2) is 0 Å². The molecule has 4 heteroatoms. The molecule has 0 radical (unpaired) electrons. The molecule has 0 saturated carbocycles. The van der Waals surface area contributed by atoms with Gasteiger partial charge < -0.3 is 4.74 Å². The Kier molecular flexibility index (Phi) is 4.31. The summed E-state index contributed by atoms with van der Waals surface area (Å²) >= 11 is 2.06. The first kappa shape index (κ1) is 11.4. The average molecular weight is 308 g/mol. The molecule has 0 atom stereocenters. The van der Waals surface area contributed by atoms with Gasteiger partial charge in [-0.1, -0.05) is 0 Å². The van der Waals surface area contributed by atoms with Crippen molar-refractivity contribution in [1.29, 1.82) is 0 Å². The minimum absolute atomic E-state index is 0.129. The third kappa shape index (κ3) is 3.25. The fourth-order valence-corrected chi connectivity index (χ4v) is 1.57. The van der Waals surface area contributed by atoms with Crippen LogP contribution in [-0.4, -0.2) is 12.6 Å². The van der Waals surface area contributed by atoms with Gasteiger partial charge >= 0.3 is 5.97 Å². The first-order valence-electron chi connectivity index (χ1n) is 4.23. The third-order valence-electron chi connectivity index (χ3n) is 1.65. The molecule has 0 N–H and O–H groups in total. The Morgan fingerprint density at radius 2 is 2.29 bits per heavy atom. The van der Waals surface area contributed by atoms with Crippen LogP contribution in [0.4, 0.5) is 4.39 Å². The molecule has 0 unspecified atom stereocenters. The summed E-state index contributed by atoms with van der Waals surface area (Å²) in [6.45, 7) is 2.10. The highest BCUT2D eigenvalue weighted by Crippen LogP contribution is 2.14. The summed E-state index contributed by atoms with van der Waals surface area (Å²) in [5.41, 5.74) is 0.670. The molecule has 0 bridgehead atoms. The number of hydrogen-bond acceptors (Lipinski definition) is 2. The molecule has 0 aliphatic carbocycles. The number of halogens is 2. The summed E-state index contributed by atoms with van der Waals surface area (Å²) < 4.78 is 18.5. The largest absolute Gasteiger partial charge is 0.466 e. The van der Waals surface area contributed by atoms with E-state index in [1.165, 1.54) is 12.1 Å². The number of carbonyl (C=O) groups is 1. The van der Waals surface area contributed by atoms with Gasteiger partial charge in [-0.25, -0.2) is 4.39 Å². The highest BCUT2D eigenvalue weighted by atomic mass is 127. The molecule has 76 valence electrons. The van der Waals surface area contributed by atoms with Crippen molar-refractivity contribution in [3.63, 3.8) is 0 Å². The number of carbonyl (C=O) groups excluding carboxylic acids is 1. The van der Waals surface area contributed by atoms with Gasteiger partial charge in [0.1, 0.15) is 5.82 Å². The predicted octanol–water partition coefficient (Wildman–Crippen LogP) is 2.54. The van der Waals surface area contributed by atoms with Crippen LogP contribution in [0, 0.1) is 9.39 Å². The van der Waals surface area contributed by atoms with Crippen molar-refractivity contribution in [2.45, 2.75) is 13.3 Å². The molecule has 0 aromatic heterocycles. The van der Waals surface area contributed by atoms with E-state index >= 15 is 0 Å². The lowest BCUT2D eigenvalue weighted by atomic mass is 10.1. The number of rotatable bonds is 3. The molecule has 0 spiro atoms. The zero-order chi connectivity index (χ0) is 10.6. The van der Waals surface area contributed by atoms with Crippen molar-refractivity contribution in [2.24, 2.45) is 0 Å². The maximum atomic E-state index is 12.8. The molecular weight excluding hydrogens is 298 g/mol. The molecule has 0 aliphatic rings. The van der Waals surface area contributed by atoms with Crippen molar-refractivity contribution >= 4 is 28.6 Å². The minimum Gasteiger partial charge on any atom is -0.466 e. The van der Waals surface area contributed by atoms with Crippen molar-refractivity contribution < 1.29 is 13.9 Å². The van der Waals surface area contributed by atoms with E-state index in [4.69, 9.17) is 4.74 Å². The highest BCUT2D eigenvalue weighted by Gasteiger charge is 2.08. The Bertz CT molecular complexity index is 339. The number of hydrogen-bond donors (Lipinski definition) is 0. The maximum absolute atomic E-state index is 12.8. The summed E-state index contributed by atoms with van der Waals surface area (Å²) in [6.07, 6.45) is 0.129. The molecule has 1 aromatic rings. The number of esters is 1. The summed E-state index contributed by atoms with van der Waals surface area (Å²) in [5.74, 6) is -0.652. The fourth-order valence-electron chi connectivity index (χ4n) is 1.05. The minimum atomic E-state index is -0.329. The molecule has 1 rings (SSSR count). The lowest BCUT2D eigenvalue weighted by Gasteiger charge is -2.04. The molecule has 0 fully saturated rings. The van der Waals surface area contributed by atoms with Crippen molar-refractivity contribution in [3.05, 3.63) is 33.1 Å². The van der Waals surface area contributed by atoms with E-state index in [2.05, 4.69) is 22.6 Å². The van der Waals surface area contributed by atoms with Crippen LogP contribution in [0.25, 0.3) is 0 Å². The van der Waals surface area contributed by atoms with E-state index < -0.39 is 0 Å². The van der Waals surface area contributed by atoms with Crippen LogP contribution < -0.4 is 0 Å². The summed E-state index contributed by atoms with van der Waals surface area (Å²) in [6, 6.07) is 4.37. The summed E-state index contributed by atoms with van der Waals surface area (Å²) in [5, 5.41) is 0. The van der Waals surface area contributed by atoms with Crippen LogP contribution in [0.1, 0.15) is 12.5 Å². The van der Waals surface area contributed by atoms with Crippen LogP contribution in [0.2, 0.25) is 0 Å². The zero-order valence-electron chi connectivity index (χ0n) is 7.72. The average Bonchev–Trinajstić information content (AvgIpc) is 2.12. The van der Waals surface area contributed by atoms with Gasteiger partial charge in [-0.2, -0.15) is 0 Å². The fraction of sp³-hybridized carbons (Fsp3) is 0.300. The molecular formula is C10H10FIO2. The predicted molar refractivity (Wildman–Crippen MR) is 59.5 cm³/mol. The second-order valence-electron chi connectivity index (χ2n) is 2.72. The second kappa shape index (κ2) is 5.29. The Morgan fingerprint density at radius 3 is 2.93 bits per heavy atom. The highest BCUT2D eigenvalue weighted by molar-refractivity contribution is 14.1. The van der Waals surface area contributed by atoms with E-state index in [-0.39, 0.29) is 18.2 Å². The van der Waals surface area contributed by atoms with Crippen LogP contribution in [0.15, 0.2) is 18.2 Å². The van der Waals surface area contributed by atoms with E-state index in [9.17, 15) is 9.18 Å². The third-order valence-corrected chi connectivity index (χ3v) is 2.70. The van der Waals surface area contributed by atoms with Crippen LogP contribution >= 0.6 is 22.6 Å². The van der Waals surface area contributed by atoms with Crippen LogP contribution in [0.3, 0.4) is 0 Å². The number of benzene rings is 1. The van der Waals surface area contributed by atoms with Gasteiger partial charge in [0.2, 0.25) is 0 Å². The monoisotopic (exact) mass is 308 g/mol. The number of ether oxygens (including phenoxy) is 1. The lowest BCUT2D eigenvalue weighted by molar-refractivity contribution is -0.142. The molecule has 0 heterocycles. The van der Waals surface area contributed by atoms with Gasteiger partial charge in [-0.15, -0.1) is 0 Å². The van der Waals surface area contributed by atoms with Crippen molar-refractivity contribution in [2.75, 3.05) is 6.61 Å². The van der Waals surface area contributed by atoms with Gasteiger partial charge in [0, 0.05) is 3.57 Å².